The first kappa shape index (κ1) is 19.1. The van der Waals surface area contributed by atoms with Gasteiger partial charge in [0.15, 0.2) is 0 Å². The average Bonchev–Trinajstić information content (AvgIpc) is 2.97. The van der Waals surface area contributed by atoms with Crippen LogP contribution in [0, 0.1) is 0 Å². The van der Waals surface area contributed by atoms with E-state index in [1.165, 1.54) is 29.2 Å². The number of nitrogens with one attached hydrogen (secondary N) is 2. The van der Waals surface area contributed by atoms with Crippen LogP contribution in [-0.2, 0) is 15.1 Å². The van der Waals surface area contributed by atoms with Gasteiger partial charge in [0.1, 0.15) is 6.04 Å². The van der Waals surface area contributed by atoms with Crippen LogP contribution >= 0.6 is 0 Å². The fourth-order valence-electron chi connectivity index (χ4n) is 3.23. The number of β-lactam (4-membered cyclic amide) rings is 1. The van der Waals surface area contributed by atoms with Crippen LogP contribution in [0.5, 0.6) is 0 Å². The molecule has 0 bridgehead atoms. The normalized spacial score (nSPS) is 21.5. The number of amides is 4. The number of likely N-dealkylation sites (tertiary alicyclic amines) is 1. The molecule has 11 nitrogen and oxygen atoms in total. The molecule has 2 fully saturated rings. The van der Waals surface area contributed by atoms with Crippen LogP contribution in [0.1, 0.15) is 16.8 Å². The van der Waals surface area contributed by atoms with Crippen molar-refractivity contribution in [3.63, 3.8) is 0 Å². The number of carbonyl (C=O) groups excluding carboxylic acids is 3. The third kappa shape index (κ3) is 3.59. The standard InChI is InChI=1S/C15H19N5O6S/c16-6-7-17-13(21)9-1-3-10(4-2-9)18-15(23)19-8-5-11-12(19)14(22)20(11)27(24,25)26/h1-4,11-12H,5-8,16H2,(H,17,21)(H,18,23)(H,24,25,26)/t11-,12+/m1/s1. The Morgan fingerprint density at radius 1 is 1.26 bits per heavy atom. The van der Waals surface area contributed by atoms with Crippen LogP contribution in [-0.4, -0.2) is 71.7 Å². The maximum absolute atomic E-state index is 12.4. The van der Waals surface area contributed by atoms with Gasteiger partial charge in [0.05, 0.1) is 6.04 Å². The molecule has 0 radical (unpaired) electrons. The lowest BCUT2D eigenvalue weighted by molar-refractivity contribution is -0.143. The van der Waals surface area contributed by atoms with Crippen LogP contribution in [0.3, 0.4) is 0 Å². The van der Waals surface area contributed by atoms with Gasteiger partial charge in [0.2, 0.25) is 0 Å². The van der Waals surface area contributed by atoms with Gasteiger partial charge in [-0.2, -0.15) is 8.42 Å². The maximum atomic E-state index is 12.4. The lowest BCUT2D eigenvalue weighted by atomic mass is 10.0. The largest absolute Gasteiger partial charge is 0.362 e. The van der Waals surface area contributed by atoms with Crippen molar-refractivity contribution in [1.82, 2.24) is 14.5 Å². The molecule has 1 aromatic rings. The van der Waals surface area contributed by atoms with Crippen LogP contribution < -0.4 is 16.4 Å². The Labute approximate surface area is 155 Å². The number of nitrogens with two attached hydrogens (primary N) is 1. The van der Waals surface area contributed by atoms with E-state index in [4.69, 9.17) is 10.3 Å². The Morgan fingerprint density at radius 2 is 1.93 bits per heavy atom. The van der Waals surface area contributed by atoms with E-state index in [2.05, 4.69) is 10.6 Å². The topological polar surface area (TPSA) is 162 Å². The van der Waals surface area contributed by atoms with Crippen molar-refractivity contribution in [3.05, 3.63) is 29.8 Å². The first-order chi connectivity index (χ1) is 12.7. The Bertz CT molecular complexity index is 871. The highest BCUT2D eigenvalue weighted by atomic mass is 32.2. The summed E-state index contributed by atoms with van der Waals surface area (Å²) in [4.78, 5) is 37.4. The van der Waals surface area contributed by atoms with Crippen LogP contribution in [0.4, 0.5) is 10.5 Å². The third-order valence-electron chi connectivity index (χ3n) is 4.48. The Morgan fingerprint density at radius 3 is 2.52 bits per heavy atom. The van der Waals surface area contributed by atoms with Gasteiger partial charge in [-0.25, -0.2) is 9.10 Å². The zero-order chi connectivity index (χ0) is 19.8. The molecule has 2 aliphatic heterocycles. The van der Waals surface area contributed by atoms with Gasteiger partial charge >= 0.3 is 16.3 Å². The zero-order valence-corrected chi connectivity index (χ0v) is 15.0. The number of carbonyl (C=O) groups is 3. The molecule has 146 valence electrons. The Hall–Kier alpha value is -2.70. The van der Waals surface area contributed by atoms with E-state index in [0.717, 1.165) is 0 Å². The summed E-state index contributed by atoms with van der Waals surface area (Å²) < 4.78 is 31.8. The molecule has 2 aliphatic rings. The first-order valence-corrected chi connectivity index (χ1v) is 9.60. The molecule has 2 heterocycles. The van der Waals surface area contributed by atoms with E-state index in [-0.39, 0.29) is 18.9 Å². The molecule has 0 saturated carbocycles. The van der Waals surface area contributed by atoms with Crippen molar-refractivity contribution < 1.29 is 27.4 Å². The third-order valence-corrected chi connectivity index (χ3v) is 5.42. The monoisotopic (exact) mass is 397 g/mol. The molecule has 0 aromatic heterocycles. The molecule has 0 aliphatic carbocycles. The molecule has 12 heteroatoms. The predicted octanol–water partition coefficient (Wildman–Crippen LogP) is -1.01. The summed E-state index contributed by atoms with van der Waals surface area (Å²) in [5.41, 5.74) is 6.14. The fourth-order valence-corrected chi connectivity index (χ4v) is 4.13. The number of benzene rings is 1. The summed E-state index contributed by atoms with van der Waals surface area (Å²) in [7, 11) is -4.62. The second-order valence-electron chi connectivity index (χ2n) is 6.16. The first-order valence-electron chi connectivity index (χ1n) is 8.20. The number of nitrogens with zero attached hydrogens (tertiary/aromatic N) is 2. The van der Waals surface area contributed by atoms with Gasteiger partial charge in [0, 0.05) is 30.9 Å². The van der Waals surface area contributed by atoms with Gasteiger partial charge in [-0.05, 0) is 30.7 Å². The van der Waals surface area contributed by atoms with Gasteiger partial charge in [-0.1, -0.05) is 0 Å². The van der Waals surface area contributed by atoms with Crippen molar-refractivity contribution in [2.45, 2.75) is 18.5 Å². The van der Waals surface area contributed by atoms with Crippen LogP contribution in [0.15, 0.2) is 24.3 Å². The average molecular weight is 397 g/mol. The summed E-state index contributed by atoms with van der Waals surface area (Å²) in [6.45, 7) is 0.855. The van der Waals surface area contributed by atoms with Crippen LogP contribution in [0.25, 0.3) is 0 Å². The minimum atomic E-state index is -4.62. The smallest absolute Gasteiger partial charge is 0.351 e. The van der Waals surface area contributed by atoms with E-state index in [1.54, 1.807) is 0 Å². The highest BCUT2D eigenvalue weighted by Crippen LogP contribution is 2.35. The Kier molecular flexibility index (Phi) is 5.04. The summed E-state index contributed by atoms with van der Waals surface area (Å²) in [6.07, 6.45) is 0.254. The van der Waals surface area contributed by atoms with Gasteiger partial charge in [0.25, 0.3) is 11.8 Å². The van der Waals surface area contributed by atoms with E-state index in [1.807, 2.05) is 0 Å². The quantitative estimate of drug-likeness (QED) is 0.366. The molecule has 0 unspecified atom stereocenters. The summed E-state index contributed by atoms with van der Waals surface area (Å²) in [6, 6.07) is 3.92. The molecule has 3 rings (SSSR count). The number of anilines is 1. The Balaban J connectivity index is 1.62. The second-order valence-corrected chi connectivity index (χ2v) is 7.45. The molecule has 2 saturated heterocycles. The highest BCUT2D eigenvalue weighted by Gasteiger charge is 2.60. The van der Waals surface area contributed by atoms with Crippen molar-refractivity contribution in [2.24, 2.45) is 5.73 Å². The van der Waals surface area contributed by atoms with E-state index in [0.29, 0.717) is 28.6 Å². The molecular formula is C15H19N5O6S. The molecule has 1 aromatic carbocycles. The lowest BCUT2D eigenvalue weighted by Crippen LogP contribution is -2.68. The molecular weight excluding hydrogens is 378 g/mol. The van der Waals surface area contributed by atoms with Gasteiger partial charge < -0.3 is 21.3 Å². The maximum Gasteiger partial charge on any atom is 0.362 e. The van der Waals surface area contributed by atoms with E-state index < -0.39 is 34.3 Å². The highest BCUT2D eigenvalue weighted by molar-refractivity contribution is 7.84. The number of urea groups is 1. The zero-order valence-electron chi connectivity index (χ0n) is 14.2. The minimum absolute atomic E-state index is 0.179. The van der Waals surface area contributed by atoms with Crippen molar-refractivity contribution >= 4 is 33.8 Å². The van der Waals surface area contributed by atoms with Crippen molar-refractivity contribution in [3.8, 4) is 0 Å². The van der Waals surface area contributed by atoms with Gasteiger partial charge in [-0.3, -0.25) is 14.1 Å². The second kappa shape index (κ2) is 7.13. The predicted molar refractivity (Wildman–Crippen MR) is 94.1 cm³/mol. The number of hydrogen-bond donors (Lipinski definition) is 4. The van der Waals surface area contributed by atoms with Crippen molar-refractivity contribution in [1.29, 1.82) is 0 Å². The van der Waals surface area contributed by atoms with Crippen LogP contribution in [0.2, 0.25) is 0 Å². The molecule has 2 atom stereocenters. The minimum Gasteiger partial charge on any atom is -0.351 e. The van der Waals surface area contributed by atoms with Crippen molar-refractivity contribution in [2.75, 3.05) is 25.0 Å². The molecule has 5 N–H and O–H groups in total. The SMILES string of the molecule is NCCNC(=O)c1ccc(NC(=O)N2CC[C@@H]3[C@H]2C(=O)N3S(=O)(=O)O)cc1. The molecule has 27 heavy (non-hydrogen) atoms. The lowest BCUT2D eigenvalue weighted by Gasteiger charge is -2.42. The number of fused-ring (bicyclic) bond motifs is 1. The fraction of sp³-hybridized carbons (Fsp3) is 0.400. The van der Waals surface area contributed by atoms with E-state index >= 15 is 0 Å². The summed E-state index contributed by atoms with van der Waals surface area (Å²) in [5, 5.41) is 5.23. The number of hydrogen-bond acceptors (Lipinski definition) is 6. The summed E-state index contributed by atoms with van der Waals surface area (Å²) in [5.74, 6) is -1.12. The van der Waals surface area contributed by atoms with Gasteiger partial charge in [-0.15, -0.1) is 0 Å². The molecule has 0 spiro atoms. The summed E-state index contributed by atoms with van der Waals surface area (Å²) >= 11 is 0. The molecule has 4 amide bonds. The number of rotatable bonds is 5. The van der Waals surface area contributed by atoms with E-state index in [9.17, 15) is 22.8 Å².